The monoisotopic (exact) mass is 249 g/mol. The highest BCUT2D eigenvalue weighted by molar-refractivity contribution is 7.99. The summed E-state index contributed by atoms with van der Waals surface area (Å²) in [4.78, 5) is 21.7. The molecule has 1 aliphatic heterocycles. The van der Waals surface area contributed by atoms with Crippen molar-refractivity contribution in [2.45, 2.75) is 6.10 Å². The number of hydrogen-bond donors (Lipinski definition) is 2. The molecule has 0 aromatic heterocycles. The average Bonchev–Trinajstić information content (AvgIpc) is 2.29. The van der Waals surface area contributed by atoms with Crippen LogP contribution in [0.15, 0.2) is 0 Å². The van der Waals surface area contributed by atoms with Gasteiger partial charge in [-0.15, -0.1) is 11.8 Å². The van der Waals surface area contributed by atoms with Gasteiger partial charge in [-0.2, -0.15) is 0 Å². The fraction of sp³-hybridized carbons (Fsp3) is 0.778. The minimum atomic E-state index is -0.847. The fourth-order valence-corrected chi connectivity index (χ4v) is 1.72. The second-order valence-electron chi connectivity index (χ2n) is 3.17. The van der Waals surface area contributed by atoms with E-state index in [9.17, 15) is 9.59 Å². The van der Waals surface area contributed by atoms with Crippen molar-refractivity contribution >= 4 is 23.6 Å². The van der Waals surface area contributed by atoms with Crippen molar-refractivity contribution < 1.29 is 24.2 Å². The Hall–Kier alpha value is -0.790. The first-order valence-electron chi connectivity index (χ1n) is 4.96. The standard InChI is InChI=1S/C9H15NO5S/c11-8(12)6-16-4-1-10-9(13)7-5-14-2-3-15-7/h7H,1-6H2,(H,10,13)(H,11,12). The first-order valence-corrected chi connectivity index (χ1v) is 6.12. The number of carbonyl (C=O) groups excluding carboxylic acids is 1. The molecular formula is C9H15NO5S. The molecule has 1 aliphatic rings. The van der Waals surface area contributed by atoms with Crippen LogP contribution in [-0.4, -0.2) is 61.0 Å². The first kappa shape index (κ1) is 13.3. The third-order valence-corrected chi connectivity index (χ3v) is 2.82. The molecule has 0 radical (unpaired) electrons. The molecule has 6 nitrogen and oxygen atoms in total. The minimum absolute atomic E-state index is 0.0545. The van der Waals surface area contributed by atoms with Crippen LogP contribution in [0.1, 0.15) is 0 Å². The van der Waals surface area contributed by atoms with Gasteiger partial charge in [0.15, 0.2) is 6.10 Å². The lowest BCUT2D eigenvalue weighted by Crippen LogP contribution is -2.43. The van der Waals surface area contributed by atoms with E-state index in [1.807, 2.05) is 0 Å². The van der Waals surface area contributed by atoms with Gasteiger partial charge in [0.1, 0.15) is 0 Å². The second-order valence-corrected chi connectivity index (χ2v) is 4.28. The van der Waals surface area contributed by atoms with E-state index in [4.69, 9.17) is 14.6 Å². The van der Waals surface area contributed by atoms with E-state index in [1.165, 1.54) is 11.8 Å². The van der Waals surface area contributed by atoms with Gasteiger partial charge >= 0.3 is 5.97 Å². The van der Waals surface area contributed by atoms with Gasteiger partial charge in [0, 0.05) is 12.3 Å². The molecule has 0 bridgehead atoms. The van der Waals surface area contributed by atoms with Gasteiger partial charge < -0.3 is 19.9 Å². The maximum absolute atomic E-state index is 11.5. The zero-order chi connectivity index (χ0) is 11.8. The van der Waals surface area contributed by atoms with Crippen LogP contribution in [0.5, 0.6) is 0 Å². The Morgan fingerprint density at radius 3 is 2.88 bits per heavy atom. The number of carboxylic acid groups (broad SMARTS) is 1. The Morgan fingerprint density at radius 1 is 1.44 bits per heavy atom. The molecule has 16 heavy (non-hydrogen) atoms. The lowest BCUT2D eigenvalue weighted by atomic mass is 10.3. The zero-order valence-electron chi connectivity index (χ0n) is 8.81. The third kappa shape index (κ3) is 5.34. The fourth-order valence-electron chi connectivity index (χ4n) is 1.16. The molecule has 1 rings (SSSR count). The maximum Gasteiger partial charge on any atom is 0.313 e. The summed E-state index contributed by atoms with van der Waals surface area (Å²) in [5.41, 5.74) is 0. The molecule has 0 aromatic rings. The molecule has 7 heteroatoms. The summed E-state index contributed by atoms with van der Waals surface area (Å²) in [6.45, 7) is 1.69. The van der Waals surface area contributed by atoms with Crippen molar-refractivity contribution in [1.82, 2.24) is 5.32 Å². The number of carboxylic acids is 1. The first-order chi connectivity index (χ1) is 7.70. The smallest absolute Gasteiger partial charge is 0.313 e. The topological polar surface area (TPSA) is 84.9 Å². The van der Waals surface area contributed by atoms with Crippen LogP contribution in [0.4, 0.5) is 0 Å². The maximum atomic E-state index is 11.5. The number of carbonyl (C=O) groups is 2. The Morgan fingerprint density at radius 2 is 2.25 bits per heavy atom. The highest BCUT2D eigenvalue weighted by Gasteiger charge is 2.21. The van der Waals surface area contributed by atoms with E-state index < -0.39 is 12.1 Å². The molecule has 0 aromatic carbocycles. The molecule has 1 saturated heterocycles. The summed E-state index contributed by atoms with van der Waals surface area (Å²) in [6, 6.07) is 0. The number of nitrogens with one attached hydrogen (secondary N) is 1. The number of ether oxygens (including phenoxy) is 2. The van der Waals surface area contributed by atoms with Crippen molar-refractivity contribution in [3.05, 3.63) is 0 Å². The van der Waals surface area contributed by atoms with Gasteiger partial charge in [-0.25, -0.2) is 0 Å². The van der Waals surface area contributed by atoms with Crippen molar-refractivity contribution in [3.8, 4) is 0 Å². The van der Waals surface area contributed by atoms with Crippen molar-refractivity contribution in [1.29, 1.82) is 0 Å². The summed E-state index contributed by atoms with van der Waals surface area (Å²) in [7, 11) is 0. The quantitative estimate of drug-likeness (QED) is 0.608. The van der Waals surface area contributed by atoms with E-state index in [0.29, 0.717) is 25.5 Å². The number of thioether (sulfide) groups is 1. The summed E-state index contributed by atoms with van der Waals surface area (Å²) >= 11 is 1.26. The molecule has 1 atom stereocenters. The second kappa shape index (κ2) is 7.48. The number of amides is 1. The van der Waals surface area contributed by atoms with Crippen molar-refractivity contribution in [2.24, 2.45) is 0 Å². The molecule has 1 unspecified atom stereocenters. The van der Waals surface area contributed by atoms with Gasteiger partial charge in [0.2, 0.25) is 0 Å². The Kier molecular flexibility index (Phi) is 6.20. The Balaban J connectivity index is 2.03. The molecule has 0 saturated carbocycles. The Bertz CT molecular complexity index is 242. The van der Waals surface area contributed by atoms with Gasteiger partial charge in [-0.3, -0.25) is 9.59 Å². The predicted octanol–water partition coefficient (Wildman–Crippen LogP) is -0.664. The van der Waals surface area contributed by atoms with E-state index >= 15 is 0 Å². The van der Waals surface area contributed by atoms with E-state index in [1.54, 1.807) is 0 Å². The highest BCUT2D eigenvalue weighted by Crippen LogP contribution is 2.01. The lowest BCUT2D eigenvalue weighted by molar-refractivity contribution is -0.147. The Labute approximate surface area is 97.7 Å². The van der Waals surface area contributed by atoms with Gasteiger partial charge in [-0.1, -0.05) is 0 Å². The molecular weight excluding hydrogens is 234 g/mol. The van der Waals surface area contributed by atoms with Crippen LogP contribution in [0, 0.1) is 0 Å². The van der Waals surface area contributed by atoms with E-state index in [-0.39, 0.29) is 18.3 Å². The van der Waals surface area contributed by atoms with Crippen LogP contribution < -0.4 is 5.32 Å². The average molecular weight is 249 g/mol. The molecule has 2 N–H and O–H groups in total. The number of aliphatic carboxylic acids is 1. The number of hydrogen-bond acceptors (Lipinski definition) is 5. The molecule has 0 spiro atoms. The summed E-state index contributed by atoms with van der Waals surface area (Å²) in [5.74, 6) is -0.416. The lowest BCUT2D eigenvalue weighted by Gasteiger charge is -2.21. The van der Waals surface area contributed by atoms with E-state index in [0.717, 1.165) is 0 Å². The normalized spacial score (nSPS) is 20.4. The van der Waals surface area contributed by atoms with Gasteiger partial charge in [-0.05, 0) is 0 Å². The van der Waals surface area contributed by atoms with Crippen LogP contribution in [-0.2, 0) is 19.1 Å². The van der Waals surface area contributed by atoms with Crippen molar-refractivity contribution in [3.63, 3.8) is 0 Å². The summed E-state index contributed by atoms with van der Waals surface area (Å²) in [5, 5.41) is 11.0. The largest absolute Gasteiger partial charge is 0.481 e. The SMILES string of the molecule is O=C(O)CSCCNC(=O)C1COCCO1. The predicted molar refractivity (Wildman–Crippen MR) is 58.5 cm³/mol. The van der Waals surface area contributed by atoms with Crippen LogP contribution >= 0.6 is 11.8 Å². The molecule has 1 fully saturated rings. The minimum Gasteiger partial charge on any atom is -0.481 e. The van der Waals surface area contributed by atoms with Crippen LogP contribution in [0.3, 0.4) is 0 Å². The molecule has 92 valence electrons. The summed E-state index contributed by atoms with van der Waals surface area (Å²) < 4.78 is 10.3. The van der Waals surface area contributed by atoms with Gasteiger partial charge in [0.05, 0.1) is 25.6 Å². The van der Waals surface area contributed by atoms with Gasteiger partial charge in [0.25, 0.3) is 5.91 Å². The van der Waals surface area contributed by atoms with Crippen molar-refractivity contribution in [2.75, 3.05) is 37.9 Å². The molecule has 1 amide bonds. The van der Waals surface area contributed by atoms with E-state index in [2.05, 4.69) is 5.32 Å². The third-order valence-electron chi connectivity index (χ3n) is 1.88. The molecule has 1 heterocycles. The highest BCUT2D eigenvalue weighted by atomic mass is 32.2. The van der Waals surface area contributed by atoms with Crippen LogP contribution in [0.25, 0.3) is 0 Å². The zero-order valence-corrected chi connectivity index (χ0v) is 9.62. The summed E-state index contributed by atoms with van der Waals surface area (Å²) in [6.07, 6.45) is -0.529. The molecule has 0 aliphatic carbocycles. The van der Waals surface area contributed by atoms with Crippen LogP contribution in [0.2, 0.25) is 0 Å². The number of rotatable bonds is 6.